The van der Waals surface area contributed by atoms with Gasteiger partial charge in [0.1, 0.15) is 0 Å². The topological polar surface area (TPSA) is 87.2 Å². The maximum Gasteiger partial charge on any atom is 0.310 e. The Balaban J connectivity index is 2.09. The number of hydrogen-bond donors (Lipinski definition) is 2. The molecule has 2 saturated carbocycles. The molecular formula is C19H26N2O3. The normalized spacial score (nSPS) is 22.7. The zero-order valence-electron chi connectivity index (χ0n) is 14.1. The van der Waals surface area contributed by atoms with Crippen LogP contribution in [0.15, 0.2) is 24.3 Å². The van der Waals surface area contributed by atoms with Crippen LogP contribution in [0.5, 0.6) is 0 Å². The zero-order chi connectivity index (χ0) is 17.2. The Hall–Kier alpha value is -1.91. The number of carboxylic acid groups (broad SMARTS) is 1. The van der Waals surface area contributed by atoms with Gasteiger partial charge in [-0.2, -0.15) is 0 Å². The van der Waals surface area contributed by atoms with E-state index in [4.69, 9.17) is 5.53 Å². The number of nitrogens with one attached hydrogen (secondary N) is 1. The van der Waals surface area contributed by atoms with E-state index in [-0.39, 0.29) is 16.0 Å². The molecule has 0 atom stereocenters. The van der Waals surface area contributed by atoms with Crippen molar-refractivity contribution in [3.05, 3.63) is 35.0 Å². The maximum atomic E-state index is 12.4. The number of aliphatic carboxylic acids is 1. The van der Waals surface area contributed by atoms with E-state index in [0.29, 0.717) is 0 Å². The van der Waals surface area contributed by atoms with Gasteiger partial charge in [-0.15, -0.1) is 0 Å². The fourth-order valence-corrected chi connectivity index (χ4v) is 5.17. The van der Waals surface area contributed by atoms with Gasteiger partial charge in [-0.25, -0.2) is 0 Å². The zero-order valence-corrected chi connectivity index (χ0v) is 14.1. The standard InChI is InChI=1S/C19H26N2O3/c20-21(24)16-9-7-15(8-10-16)18(11-3-1-4-12-18)19(17(22)23)13-5-2-6-14-19/h7-10,20H,1-6,11-14H2,(H,22,23). The van der Waals surface area contributed by atoms with Crippen LogP contribution in [0.1, 0.15) is 69.8 Å². The lowest BCUT2D eigenvalue weighted by Crippen LogP contribution is -2.53. The average Bonchev–Trinajstić information content (AvgIpc) is 2.62. The Morgan fingerprint density at radius 3 is 1.92 bits per heavy atom. The highest BCUT2D eigenvalue weighted by molar-refractivity contribution is 5.77. The highest BCUT2D eigenvalue weighted by Crippen LogP contribution is 2.58. The molecule has 0 saturated heterocycles. The molecule has 0 aliphatic heterocycles. The summed E-state index contributed by atoms with van der Waals surface area (Å²) < 4.78 is 0. The van der Waals surface area contributed by atoms with Gasteiger partial charge >= 0.3 is 5.97 Å². The number of benzene rings is 1. The molecule has 24 heavy (non-hydrogen) atoms. The number of carbonyl (C=O) groups is 1. The molecule has 2 aliphatic carbocycles. The molecule has 5 heteroatoms. The van der Waals surface area contributed by atoms with E-state index in [0.717, 1.165) is 69.8 Å². The second kappa shape index (κ2) is 6.54. The molecule has 2 aliphatic rings. The van der Waals surface area contributed by atoms with Gasteiger partial charge in [0.15, 0.2) is 0 Å². The van der Waals surface area contributed by atoms with E-state index < -0.39 is 11.4 Å². The van der Waals surface area contributed by atoms with Crippen molar-refractivity contribution in [1.82, 2.24) is 0 Å². The first kappa shape index (κ1) is 16.9. The minimum absolute atomic E-state index is 0.102. The van der Waals surface area contributed by atoms with Crippen molar-refractivity contribution in [2.75, 3.05) is 0 Å². The monoisotopic (exact) mass is 330 g/mol. The summed E-state index contributed by atoms with van der Waals surface area (Å²) in [4.78, 5) is 12.5. The van der Waals surface area contributed by atoms with E-state index in [2.05, 4.69) is 0 Å². The molecule has 0 spiro atoms. The fraction of sp³-hybridized carbons (Fsp3) is 0.632. The third kappa shape index (κ3) is 2.60. The summed E-state index contributed by atoms with van der Waals surface area (Å²) in [6, 6.07) is 7.09. The molecule has 1 aromatic carbocycles. The van der Waals surface area contributed by atoms with Gasteiger partial charge in [0.2, 0.25) is 5.69 Å². The van der Waals surface area contributed by atoms with Crippen molar-refractivity contribution in [3.63, 3.8) is 0 Å². The second-order valence-corrected chi connectivity index (χ2v) is 7.43. The molecule has 0 unspecified atom stereocenters. The van der Waals surface area contributed by atoms with Crippen molar-refractivity contribution < 1.29 is 14.8 Å². The predicted molar refractivity (Wildman–Crippen MR) is 90.4 cm³/mol. The molecule has 0 radical (unpaired) electrons. The third-order valence-corrected chi connectivity index (χ3v) is 6.39. The van der Waals surface area contributed by atoms with Crippen molar-refractivity contribution >= 4 is 11.7 Å². The first-order valence-corrected chi connectivity index (χ1v) is 9.04. The van der Waals surface area contributed by atoms with Crippen molar-refractivity contribution in [2.24, 2.45) is 5.41 Å². The lowest BCUT2D eigenvalue weighted by Gasteiger charge is -2.52. The minimum Gasteiger partial charge on any atom is -0.594 e. The van der Waals surface area contributed by atoms with E-state index >= 15 is 0 Å². The smallest absolute Gasteiger partial charge is 0.310 e. The Labute approximate surface area is 142 Å². The van der Waals surface area contributed by atoms with E-state index in [1.54, 1.807) is 12.1 Å². The second-order valence-electron chi connectivity index (χ2n) is 7.43. The number of hydrogen-bond acceptors (Lipinski definition) is 3. The Morgan fingerprint density at radius 2 is 1.46 bits per heavy atom. The summed E-state index contributed by atoms with van der Waals surface area (Å²) in [7, 11) is 0. The lowest BCUT2D eigenvalue weighted by molar-refractivity contribution is -0.465. The van der Waals surface area contributed by atoms with Gasteiger partial charge < -0.3 is 10.3 Å². The van der Waals surface area contributed by atoms with Crippen LogP contribution in [0, 0.1) is 16.2 Å². The van der Waals surface area contributed by atoms with Crippen LogP contribution in [-0.2, 0) is 10.2 Å². The molecule has 5 nitrogen and oxygen atoms in total. The third-order valence-electron chi connectivity index (χ3n) is 6.39. The molecule has 0 aromatic heterocycles. The van der Waals surface area contributed by atoms with Crippen LogP contribution in [-0.4, -0.2) is 15.9 Å². The fourth-order valence-electron chi connectivity index (χ4n) is 5.17. The Morgan fingerprint density at radius 1 is 0.958 bits per heavy atom. The highest BCUT2D eigenvalue weighted by atomic mass is 16.5. The largest absolute Gasteiger partial charge is 0.594 e. The number of rotatable bonds is 4. The van der Waals surface area contributed by atoms with Crippen LogP contribution in [0.2, 0.25) is 0 Å². The summed E-state index contributed by atoms with van der Waals surface area (Å²) in [5, 5.41) is 21.4. The Bertz CT molecular complexity index is 612. The van der Waals surface area contributed by atoms with Crippen molar-refractivity contribution in [2.45, 2.75) is 69.6 Å². The van der Waals surface area contributed by atoms with Crippen molar-refractivity contribution in [1.29, 1.82) is 5.53 Å². The molecular weight excluding hydrogens is 304 g/mol. The van der Waals surface area contributed by atoms with Gasteiger partial charge in [0, 0.05) is 17.5 Å². The predicted octanol–water partition coefficient (Wildman–Crippen LogP) is 5.10. The average molecular weight is 330 g/mol. The summed E-state index contributed by atoms with van der Waals surface area (Å²) >= 11 is 0. The molecule has 0 bridgehead atoms. The van der Waals surface area contributed by atoms with Crippen LogP contribution >= 0.6 is 0 Å². The van der Waals surface area contributed by atoms with E-state index in [9.17, 15) is 15.1 Å². The van der Waals surface area contributed by atoms with Crippen LogP contribution in [0.4, 0.5) is 5.69 Å². The van der Waals surface area contributed by atoms with Gasteiger partial charge in [0.05, 0.1) is 5.41 Å². The molecule has 130 valence electrons. The molecule has 1 aromatic rings. The van der Waals surface area contributed by atoms with Crippen molar-refractivity contribution in [3.8, 4) is 0 Å². The summed E-state index contributed by atoms with van der Waals surface area (Å²) in [5.41, 5.74) is 7.47. The van der Waals surface area contributed by atoms with Gasteiger partial charge in [-0.1, -0.05) is 55.5 Å². The maximum absolute atomic E-state index is 12.4. The summed E-state index contributed by atoms with van der Waals surface area (Å²) in [6.45, 7) is 0. The quantitative estimate of drug-likeness (QED) is 0.457. The minimum atomic E-state index is -0.689. The summed E-state index contributed by atoms with van der Waals surface area (Å²) in [6.07, 6.45) is 9.66. The summed E-state index contributed by atoms with van der Waals surface area (Å²) in [5.74, 6) is -0.654. The van der Waals surface area contributed by atoms with Gasteiger partial charge in [-0.3, -0.25) is 4.79 Å². The van der Waals surface area contributed by atoms with Gasteiger partial charge in [-0.05, 0) is 36.8 Å². The Kier molecular flexibility index (Phi) is 4.61. The van der Waals surface area contributed by atoms with E-state index in [1.807, 2.05) is 12.1 Å². The van der Waals surface area contributed by atoms with Crippen LogP contribution < -0.4 is 0 Å². The van der Waals surface area contributed by atoms with E-state index in [1.165, 1.54) is 0 Å². The highest BCUT2D eigenvalue weighted by Gasteiger charge is 2.57. The molecule has 0 heterocycles. The number of carboxylic acids is 1. The molecule has 0 amide bonds. The molecule has 3 rings (SSSR count). The van der Waals surface area contributed by atoms with Crippen LogP contribution in [0.25, 0.3) is 0 Å². The van der Waals surface area contributed by atoms with Crippen LogP contribution in [0.3, 0.4) is 0 Å². The first-order valence-electron chi connectivity index (χ1n) is 9.04. The lowest BCUT2D eigenvalue weighted by atomic mass is 9.50. The molecule has 2 fully saturated rings. The SMILES string of the molecule is N=[N+]([O-])c1ccc(C2(C3(C(=O)O)CCCCC3)CCCCC2)cc1. The van der Waals surface area contributed by atoms with Gasteiger partial charge in [0.25, 0.3) is 0 Å². The molecule has 2 N–H and O–H groups in total. The number of nitrogens with zero attached hydrogens (tertiary/aromatic N) is 1. The first-order chi connectivity index (χ1) is 11.5.